The monoisotopic (exact) mass is 517 g/mol. The quantitative estimate of drug-likeness (QED) is 0.307. The number of carbonyl (C=O) groups is 3. The van der Waals surface area contributed by atoms with E-state index in [-0.39, 0.29) is 23.8 Å². The zero-order valence-electron chi connectivity index (χ0n) is 24.8. The smallest absolute Gasteiger partial charge is 0.408 e. The Morgan fingerprint density at radius 2 is 1.57 bits per heavy atom. The van der Waals surface area contributed by atoms with Crippen LogP contribution in [-0.4, -0.2) is 47.0 Å². The fourth-order valence-electron chi connectivity index (χ4n) is 4.09. The van der Waals surface area contributed by atoms with E-state index in [1.807, 2.05) is 52.0 Å². The maximum absolute atomic E-state index is 14.3. The van der Waals surface area contributed by atoms with Crippen LogP contribution in [0.1, 0.15) is 105 Å². The van der Waals surface area contributed by atoms with Crippen LogP contribution in [0.2, 0.25) is 0 Å². The van der Waals surface area contributed by atoms with Crippen molar-refractivity contribution in [3.63, 3.8) is 0 Å². The number of unbranched alkanes of at least 4 members (excludes halogenated alkanes) is 1. The first-order valence-corrected chi connectivity index (χ1v) is 13.8. The average molecular weight is 518 g/mol. The van der Waals surface area contributed by atoms with Gasteiger partial charge < -0.3 is 20.3 Å². The van der Waals surface area contributed by atoms with Crippen molar-refractivity contribution in [2.24, 2.45) is 11.8 Å². The second-order valence-corrected chi connectivity index (χ2v) is 11.9. The topological polar surface area (TPSA) is 87.7 Å². The Morgan fingerprint density at radius 3 is 2.05 bits per heavy atom. The molecule has 37 heavy (non-hydrogen) atoms. The minimum absolute atomic E-state index is 0.207. The minimum atomic E-state index is -0.840. The molecule has 2 N–H and O–H groups in total. The van der Waals surface area contributed by atoms with Gasteiger partial charge in [-0.2, -0.15) is 0 Å². The van der Waals surface area contributed by atoms with Gasteiger partial charge >= 0.3 is 6.09 Å². The van der Waals surface area contributed by atoms with E-state index in [0.717, 1.165) is 36.8 Å². The van der Waals surface area contributed by atoms with E-state index >= 15 is 0 Å². The van der Waals surface area contributed by atoms with Gasteiger partial charge in [-0.05, 0) is 71.3 Å². The summed E-state index contributed by atoms with van der Waals surface area (Å²) in [5, 5.41) is 5.84. The van der Waals surface area contributed by atoms with E-state index in [2.05, 4.69) is 31.4 Å². The summed E-state index contributed by atoms with van der Waals surface area (Å²) in [5.41, 5.74) is 1.14. The lowest BCUT2D eigenvalue weighted by molar-refractivity contribution is -0.146. The molecule has 0 aromatic heterocycles. The molecule has 1 rings (SSSR count). The van der Waals surface area contributed by atoms with Gasteiger partial charge in [0.15, 0.2) is 0 Å². The highest BCUT2D eigenvalue weighted by atomic mass is 16.6. The normalized spacial score (nSPS) is 14.2. The first-order valence-electron chi connectivity index (χ1n) is 13.8. The lowest BCUT2D eigenvalue weighted by atomic mass is 9.94. The molecule has 1 aromatic rings. The summed E-state index contributed by atoms with van der Waals surface area (Å²) >= 11 is 0. The predicted molar refractivity (Wildman–Crippen MR) is 150 cm³/mol. The van der Waals surface area contributed by atoms with Crippen molar-refractivity contribution in [2.75, 3.05) is 6.54 Å². The molecule has 0 bridgehead atoms. The lowest BCUT2D eigenvalue weighted by Gasteiger charge is -2.39. The Hall–Kier alpha value is -2.57. The number of aryl methyl sites for hydroxylation is 1. The van der Waals surface area contributed by atoms with Gasteiger partial charge in [0.1, 0.15) is 17.7 Å². The molecular weight excluding hydrogens is 466 g/mol. The zero-order chi connectivity index (χ0) is 28.3. The Morgan fingerprint density at radius 1 is 0.973 bits per heavy atom. The molecule has 210 valence electrons. The number of ether oxygens (including phenoxy) is 1. The van der Waals surface area contributed by atoms with Crippen molar-refractivity contribution in [2.45, 2.75) is 119 Å². The van der Waals surface area contributed by atoms with Gasteiger partial charge in [0.2, 0.25) is 11.8 Å². The molecule has 0 fully saturated rings. The van der Waals surface area contributed by atoms with E-state index in [1.165, 1.54) is 0 Å². The Balaban J connectivity index is 3.53. The predicted octanol–water partition coefficient (Wildman–Crippen LogP) is 6.16. The largest absolute Gasteiger partial charge is 0.444 e. The summed E-state index contributed by atoms with van der Waals surface area (Å²) in [6.07, 6.45) is 2.82. The number of hydrogen-bond donors (Lipinski definition) is 2. The highest BCUT2D eigenvalue weighted by Gasteiger charge is 2.39. The van der Waals surface area contributed by atoms with Gasteiger partial charge in [0, 0.05) is 12.6 Å². The van der Waals surface area contributed by atoms with E-state index in [4.69, 9.17) is 4.74 Å². The molecule has 0 saturated carbocycles. The Labute approximate surface area is 225 Å². The highest BCUT2D eigenvalue weighted by molar-refractivity contribution is 5.92. The summed E-state index contributed by atoms with van der Waals surface area (Å²) in [7, 11) is 0. The molecule has 0 radical (unpaired) electrons. The third-order valence-electron chi connectivity index (χ3n) is 6.25. The summed E-state index contributed by atoms with van der Waals surface area (Å²) in [4.78, 5) is 42.3. The minimum Gasteiger partial charge on any atom is -0.444 e. The van der Waals surface area contributed by atoms with Crippen molar-refractivity contribution < 1.29 is 19.1 Å². The third kappa shape index (κ3) is 11.1. The zero-order valence-corrected chi connectivity index (χ0v) is 24.8. The number of amides is 3. The fourth-order valence-corrected chi connectivity index (χ4v) is 4.09. The second-order valence-electron chi connectivity index (χ2n) is 11.9. The van der Waals surface area contributed by atoms with Crippen molar-refractivity contribution in [1.82, 2.24) is 15.5 Å². The lowest BCUT2D eigenvalue weighted by Crippen LogP contribution is -2.57. The molecule has 7 heteroatoms. The van der Waals surface area contributed by atoms with Crippen LogP contribution in [0.4, 0.5) is 4.79 Å². The average Bonchev–Trinajstić information content (AvgIpc) is 2.78. The summed E-state index contributed by atoms with van der Waals surface area (Å²) < 4.78 is 5.46. The van der Waals surface area contributed by atoms with Gasteiger partial charge in [-0.25, -0.2) is 4.79 Å². The van der Waals surface area contributed by atoms with E-state index in [1.54, 1.807) is 25.7 Å². The molecule has 0 saturated heterocycles. The van der Waals surface area contributed by atoms with Crippen molar-refractivity contribution in [1.29, 1.82) is 0 Å². The van der Waals surface area contributed by atoms with E-state index < -0.39 is 23.8 Å². The molecule has 3 atom stereocenters. The van der Waals surface area contributed by atoms with Gasteiger partial charge in [0.25, 0.3) is 0 Å². The molecule has 0 spiro atoms. The molecule has 0 aliphatic rings. The number of rotatable bonds is 13. The van der Waals surface area contributed by atoms with Crippen LogP contribution >= 0.6 is 0 Å². The Kier molecular flexibility index (Phi) is 13.2. The molecule has 3 unspecified atom stereocenters. The van der Waals surface area contributed by atoms with Crippen LogP contribution < -0.4 is 10.6 Å². The van der Waals surface area contributed by atoms with Gasteiger partial charge in [-0.3, -0.25) is 9.59 Å². The van der Waals surface area contributed by atoms with Crippen molar-refractivity contribution in [3.05, 3.63) is 35.4 Å². The molecular formula is C30H51N3O4. The van der Waals surface area contributed by atoms with Crippen LogP contribution in [0.25, 0.3) is 0 Å². The van der Waals surface area contributed by atoms with Gasteiger partial charge in [0.05, 0.1) is 0 Å². The number of nitrogens with zero attached hydrogens (tertiary/aromatic N) is 1. The SMILES string of the molecule is CCCCNC(=O)C(c1ccc(C)cc1)N(C(=O)C(NC(=O)OC(C)(C)C)C(C)C)C(C)CCC(C)C. The fraction of sp³-hybridized carbons (Fsp3) is 0.700. The number of benzene rings is 1. The van der Waals surface area contributed by atoms with Crippen LogP contribution in [0.5, 0.6) is 0 Å². The second kappa shape index (κ2) is 15.0. The van der Waals surface area contributed by atoms with Gasteiger partial charge in [-0.1, -0.05) is 70.9 Å². The van der Waals surface area contributed by atoms with Crippen molar-refractivity contribution in [3.8, 4) is 0 Å². The number of nitrogens with one attached hydrogen (secondary N) is 2. The third-order valence-corrected chi connectivity index (χ3v) is 6.25. The summed E-state index contributed by atoms with van der Waals surface area (Å²) in [6, 6.07) is 5.88. The molecule has 0 heterocycles. The highest BCUT2D eigenvalue weighted by Crippen LogP contribution is 2.29. The molecule has 3 amide bonds. The standard InChI is InChI=1S/C30H51N3O4/c1-11-12-19-31-27(34)26(24-17-14-22(6)15-18-24)33(23(7)16-13-20(2)3)28(35)25(21(4)5)32-29(36)37-30(8,9)10/h14-15,17-18,20-21,23,25-26H,11-13,16,19H2,1-10H3,(H,31,34)(H,32,36). The number of carbonyl (C=O) groups excluding carboxylic acids is 3. The molecule has 0 aliphatic heterocycles. The van der Waals surface area contributed by atoms with Crippen LogP contribution in [0, 0.1) is 18.8 Å². The van der Waals surface area contributed by atoms with E-state index in [9.17, 15) is 14.4 Å². The maximum atomic E-state index is 14.3. The summed E-state index contributed by atoms with van der Waals surface area (Å²) in [6.45, 7) is 20.0. The number of hydrogen-bond acceptors (Lipinski definition) is 4. The first-order chi connectivity index (χ1) is 17.2. The van der Waals surface area contributed by atoms with Gasteiger partial charge in [-0.15, -0.1) is 0 Å². The van der Waals surface area contributed by atoms with Crippen molar-refractivity contribution >= 4 is 17.9 Å². The van der Waals surface area contributed by atoms with Crippen LogP contribution in [0.15, 0.2) is 24.3 Å². The Bertz CT molecular complexity index is 859. The first kappa shape index (κ1) is 32.5. The van der Waals surface area contributed by atoms with Crippen LogP contribution in [0.3, 0.4) is 0 Å². The van der Waals surface area contributed by atoms with Crippen LogP contribution in [-0.2, 0) is 14.3 Å². The van der Waals surface area contributed by atoms with E-state index in [0.29, 0.717) is 12.5 Å². The summed E-state index contributed by atoms with van der Waals surface area (Å²) in [5.74, 6) is -0.242. The molecule has 1 aromatic carbocycles. The molecule has 7 nitrogen and oxygen atoms in total. The maximum Gasteiger partial charge on any atom is 0.408 e. The molecule has 0 aliphatic carbocycles. The number of alkyl carbamates (subject to hydrolysis) is 1.